The van der Waals surface area contributed by atoms with E-state index >= 15 is 0 Å². The van der Waals surface area contributed by atoms with Crippen molar-refractivity contribution in [3.63, 3.8) is 0 Å². The van der Waals surface area contributed by atoms with Gasteiger partial charge in [0.2, 0.25) is 0 Å². The van der Waals surface area contributed by atoms with E-state index in [1.807, 2.05) is 0 Å². The summed E-state index contributed by atoms with van der Waals surface area (Å²) in [6.07, 6.45) is 1.12. The van der Waals surface area contributed by atoms with Crippen molar-refractivity contribution in [2.24, 2.45) is 0 Å². The Hall–Kier alpha value is -0.160. The second-order valence-electron chi connectivity index (χ2n) is 4.08. The molecule has 3 rings (SSSR count). The molecule has 13 heavy (non-hydrogen) atoms. The lowest BCUT2D eigenvalue weighted by atomic mass is 10.2. The zero-order chi connectivity index (χ0) is 8.84. The maximum absolute atomic E-state index is 9.56. The lowest BCUT2D eigenvalue weighted by Gasteiger charge is -2.32. The molecule has 1 N–H and O–H groups in total. The van der Waals surface area contributed by atoms with Crippen LogP contribution in [0.1, 0.15) is 6.42 Å². The second kappa shape index (κ2) is 2.92. The topological polar surface area (TPSA) is 45.2 Å². The van der Waals surface area contributed by atoms with Crippen LogP contribution in [0.2, 0.25) is 0 Å². The summed E-state index contributed by atoms with van der Waals surface area (Å²) in [5.41, 5.74) is 0. The largest absolute Gasteiger partial charge is 0.390 e. The van der Waals surface area contributed by atoms with Gasteiger partial charge in [0, 0.05) is 19.1 Å². The first kappa shape index (κ1) is 8.17. The summed E-state index contributed by atoms with van der Waals surface area (Å²) in [5.74, 6) is 0. The molecule has 1 aliphatic carbocycles. The van der Waals surface area contributed by atoms with Crippen LogP contribution < -0.4 is 0 Å². The Morgan fingerprint density at radius 3 is 2.46 bits per heavy atom. The molecule has 4 nitrogen and oxygen atoms in total. The zero-order valence-electron chi connectivity index (χ0n) is 7.56. The quantitative estimate of drug-likeness (QED) is 0.544. The van der Waals surface area contributed by atoms with E-state index in [1.54, 1.807) is 0 Å². The third-order valence-corrected chi connectivity index (χ3v) is 3.32. The number of morpholine rings is 1. The highest BCUT2D eigenvalue weighted by atomic mass is 16.6. The summed E-state index contributed by atoms with van der Waals surface area (Å²) >= 11 is 0. The molecule has 0 unspecified atom stereocenters. The Balaban J connectivity index is 1.65. The number of nitrogens with zero attached hydrogens (tertiary/aromatic N) is 1. The normalized spacial score (nSPS) is 50.5. The molecule has 3 aliphatic rings. The minimum Gasteiger partial charge on any atom is -0.390 e. The standard InChI is InChI=1S/C9H15NO3/c11-7-5-6(8-9(7)13-8)10-1-3-12-4-2-10/h6-9,11H,1-5H2/t6-,7+,8+,9-/m0/s1. The predicted molar refractivity (Wildman–Crippen MR) is 45.5 cm³/mol. The monoisotopic (exact) mass is 185 g/mol. The highest BCUT2D eigenvalue weighted by Gasteiger charge is 2.57. The van der Waals surface area contributed by atoms with Gasteiger partial charge in [-0.05, 0) is 6.42 Å². The fourth-order valence-corrected chi connectivity index (χ4v) is 2.54. The third-order valence-electron chi connectivity index (χ3n) is 3.32. The number of aliphatic hydroxyl groups is 1. The van der Waals surface area contributed by atoms with Gasteiger partial charge in [-0.2, -0.15) is 0 Å². The van der Waals surface area contributed by atoms with Crippen molar-refractivity contribution in [1.82, 2.24) is 4.90 Å². The average Bonchev–Trinajstić information content (AvgIpc) is 2.89. The van der Waals surface area contributed by atoms with Gasteiger partial charge >= 0.3 is 0 Å². The van der Waals surface area contributed by atoms with Gasteiger partial charge in [0.05, 0.1) is 19.3 Å². The van der Waals surface area contributed by atoms with E-state index in [0.717, 1.165) is 32.7 Å². The van der Waals surface area contributed by atoms with Gasteiger partial charge in [0.25, 0.3) is 0 Å². The molecule has 74 valence electrons. The first-order chi connectivity index (χ1) is 6.36. The SMILES string of the molecule is O[C@@H]1C[C@H](N2CCOCC2)[C@H]2O[C@H]21. The Bertz CT molecular complexity index is 205. The summed E-state index contributed by atoms with van der Waals surface area (Å²) in [7, 11) is 0. The van der Waals surface area contributed by atoms with Crippen LogP contribution in [0, 0.1) is 0 Å². The van der Waals surface area contributed by atoms with Crippen LogP contribution in [0.3, 0.4) is 0 Å². The van der Waals surface area contributed by atoms with E-state index in [4.69, 9.17) is 9.47 Å². The number of hydrogen-bond acceptors (Lipinski definition) is 4. The summed E-state index contributed by atoms with van der Waals surface area (Å²) < 4.78 is 10.7. The molecule has 0 bridgehead atoms. The van der Waals surface area contributed by atoms with Crippen LogP contribution in [0.4, 0.5) is 0 Å². The molecule has 0 amide bonds. The molecular weight excluding hydrogens is 170 g/mol. The molecule has 1 saturated carbocycles. The second-order valence-corrected chi connectivity index (χ2v) is 4.08. The highest BCUT2D eigenvalue weighted by Crippen LogP contribution is 2.41. The van der Waals surface area contributed by atoms with Crippen LogP contribution in [0.15, 0.2) is 0 Å². The van der Waals surface area contributed by atoms with Gasteiger partial charge in [0.15, 0.2) is 0 Å². The van der Waals surface area contributed by atoms with E-state index in [2.05, 4.69) is 4.90 Å². The van der Waals surface area contributed by atoms with Crippen molar-refractivity contribution in [2.75, 3.05) is 26.3 Å². The van der Waals surface area contributed by atoms with E-state index in [0.29, 0.717) is 12.1 Å². The number of rotatable bonds is 1. The van der Waals surface area contributed by atoms with Crippen LogP contribution >= 0.6 is 0 Å². The Morgan fingerprint density at radius 2 is 1.92 bits per heavy atom. The van der Waals surface area contributed by atoms with Gasteiger partial charge in [-0.25, -0.2) is 0 Å². The maximum atomic E-state index is 9.56. The fraction of sp³-hybridized carbons (Fsp3) is 1.00. The summed E-state index contributed by atoms with van der Waals surface area (Å²) in [6.45, 7) is 3.63. The first-order valence-electron chi connectivity index (χ1n) is 5.01. The molecule has 0 aromatic rings. The summed E-state index contributed by atoms with van der Waals surface area (Å²) in [4.78, 5) is 2.39. The average molecular weight is 185 g/mol. The molecule has 0 spiro atoms. The zero-order valence-corrected chi connectivity index (χ0v) is 7.56. The van der Waals surface area contributed by atoms with Gasteiger partial charge in [-0.1, -0.05) is 0 Å². The minimum atomic E-state index is -0.224. The van der Waals surface area contributed by atoms with Crippen molar-refractivity contribution in [2.45, 2.75) is 30.8 Å². The van der Waals surface area contributed by atoms with Crippen molar-refractivity contribution < 1.29 is 14.6 Å². The van der Waals surface area contributed by atoms with Crippen molar-refractivity contribution in [1.29, 1.82) is 0 Å². The first-order valence-corrected chi connectivity index (χ1v) is 5.01. The van der Waals surface area contributed by atoms with Gasteiger partial charge < -0.3 is 14.6 Å². The molecule has 4 atom stereocenters. The van der Waals surface area contributed by atoms with Gasteiger partial charge in [-0.3, -0.25) is 4.90 Å². The van der Waals surface area contributed by atoms with Crippen molar-refractivity contribution in [3.05, 3.63) is 0 Å². The maximum Gasteiger partial charge on any atom is 0.112 e. The highest BCUT2D eigenvalue weighted by molar-refractivity contribution is 5.08. The molecule has 3 fully saturated rings. The lowest BCUT2D eigenvalue weighted by Crippen LogP contribution is -2.45. The third kappa shape index (κ3) is 1.29. The minimum absolute atomic E-state index is 0.146. The molecule has 0 aromatic carbocycles. The number of fused-ring (bicyclic) bond motifs is 1. The number of ether oxygens (including phenoxy) is 2. The fourth-order valence-electron chi connectivity index (χ4n) is 2.54. The Morgan fingerprint density at radius 1 is 1.15 bits per heavy atom. The van der Waals surface area contributed by atoms with E-state index in [9.17, 15) is 5.11 Å². The van der Waals surface area contributed by atoms with E-state index < -0.39 is 0 Å². The molecule has 0 aromatic heterocycles. The van der Waals surface area contributed by atoms with Gasteiger partial charge in [0.1, 0.15) is 12.2 Å². The van der Waals surface area contributed by atoms with Crippen LogP contribution in [-0.2, 0) is 9.47 Å². The smallest absolute Gasteiger partial charge is 0.112 e. The van der Waals surface area contributed by atoms with E-state index in [-0.39, 0.29) is 12.2 Å². The molecule has 2 aliphatic heterocycles. The molecule has 0 radical (unpaired) electrons. The Kier molecular flexibility index (Phi) is 1.83. The van der Waals surface area contributed by atoms with Gasteiger partial charge in [-0.15, -0.1) is 0 Å². The summed E-state index contributed by atoms with van der Waals surface area (Å²) in [5, 5.41) is 9.56. The predicted octanol–water partition coefficient (Wildman–Crippen LogP) is -0.781. The Labute approximate surface area is 77.4 Å². The van der Waals surface area contributed by atoms with E-state index in [1.165, 1.54) is 0 Å². The molecule has 2 saturated heterocycles. The van der Waals surface area contributed by atoms with Crippen molar-refractivity contribution >= 4 is 0 Å². The van der Waals surface area contributed by atoms with Crippen LogP contribution in [0.5, 0.6) is 0 Å². The lowest BCUT2D eigenvalue weighted by molar-refractivity contribution is -0.00353. The number of aliphatic hydroxyl groups excluding tert-OH is 1. The summed E-state index contributed by atoms with van der Waals surface area (Å²) in [6, 6.07) is 0.448. The van der Waals surface area contributed by atoms with Crippen LogP contribution in [0.25, 0.3) is 0 Å². The number of epoxide rings is 1. The molecule has 2 heterocycles. The molecule has 4 heteroatoms. The molecular formula is C9H15NO3. The van der Waals surface area contributed by atoms with Crippen LogP contribution in [-0.4, -0.2) is 60.7 Å². The number of hydrogen-bond donors (Lipinski definition) is 1. The van der Waals surface area contributed by atoms with Crippen molar-refractivity contribution in [3.8, 4) is 0 Å².